The molecule has 5 nitrogen and oxygen atoms in total. The number of carbonyl (C=O) groups is 1. The van der Waals surface area contributed by atoms with E-state index in [-0.39, 0.29) is 5.91 Å². The lowest BCUT2D eigenvalue weighted by Gasteiger charge is -2.14. The number of benzene rings is 2. The average molecular weight is 417 g/mol. The normalized spacial score (nSPS) is 15.5. The van der Waals surface area contributed by atoms with Crippen LogP contribution in [0.3, 0.4) is 0 Å². The molecule has 1 amide bonds. The molecule has 146 valence electrons. The molecular weight excluding hydrogens is 396 g/mol. The zero-order chi connectivity index (χ0) is 20.3. The van der Waals surface area contributed by atoms with E-state index in [1.807, 2.05) is 49.4 Å². The first-order valence-corrected chi connectivity index (χ1v) is 9.61. The Labute approximate surface area is 175 Å². The number of halogens is 1. The third kappa shape index (κ3) is 4.29. The number of hydrogen-bond acceptors (Lipinski definition) is 4. The second kappa shape index (κ2) is 8.63. The van der Waals surface area contributed by atoms with Crippen molar-refractivity contribution >= 4 is 40.9 Å². The fourth-order valence-electron chi connectivity index (χ4n) is 2.79. The van der Waals surface area contributed by atoms with Gasteiger partial charge in [-0.05, 0) is 60.6 Å². The third-order valence-corrected chi connectivity index (χ3v) is 5.14. The van der Waals surface area contributed by atoms with Gasteiger partial charge in [-0.25, -0.2) is 0 Å². The maximum Gasteiger partial charge on any atom is 0.276 e. The highest BCUT2D eigenvalue weighted by atomic mass is 35.5. The average Bonchev–Trinajstić information content (AvgIpc) is 2.87. The van der Waals surface area contributed by atoms with Crippen molar-refractivity contribution in [2.45, 2.75) is 13.5 Å². The van der Waals surface area contributed by atoms with Crippen LogP contribution in [0, 0.1) is 0 Å². The summed E-state index contributed by atoms with van der Waals surface area (Å²) < 4.78 is 11.7. The molecule has 0 unspecified atom stereocenters. The Bertz CT molecular complexity index is 928. The summed E-state index contributed by atoms with van der Waals surface area (Å²) in [4.78, 5) is 15.5. The summed E-state index contributed by atoms with van der Waals surface area (Å²) in [6.07, 6.45) is 1.80. The van der Waals surface area contributed by atoms with Crippen LogP contribution in [-0.4, -0.2) is 41.5 Å². The van der Waals surface area contributed by atoms with E-state index in [1.54, 1.807) is 25.1 Å². The van der Waals surface area contributed by atoms with Crippen LogP contribution in [-0.2, 0) is 11.4 Å². The number of amides is 1. The highest BCUT2D eigenvalue weighted by molar-refractivity contribution is 7.80. The predicted molar refractivity (Wildman–Crippen MR) is 115 cm³/mol. The standard InChI is InChI=1S/C21H21ClN2O3S/c1-4-26-19-12-15(11-17-20(25)24(3)21(28)23(17)2)7-10-18(19)27-13-14-5-8-16(22)9-6-14/h5-12H,4,13H2,1-3H3. The number of rotatable bonds is 6. The van der Waals surface area contributed by atoms with Gasteiger partial charge in [0.1, 0.15) is 12.3 Å². The zero-order valence-corrected chi connectivity index (χ0v) is 17.5. The monoisotopic (exact) mass is 416 g/mol. The molecule has 0 spiro atoms. The molecule has 0 atom stereocenters. The Morgan fingerprint density at radius 3 is 2.36 bits per heavy atom. The summed E-state index contributed by atoms with van der Waals surface area (Å²) in [5.41, 5.74) is 2.35. The fourth-order valence-corrected chi connectivity index (χ4v) is 3.10. The molecule has 3 rings (SSSR count). The molecule has 0 N–H and O–H groups in total. The molecule has 1 fully saturated rings. The molecule has 1 aliphatic rings. The van der Waals surface area contributed by atoms with Crippen molar-refractivity contribution in [3.63, 3.8) is 0 Å². The Hall–Kier alpha value is -2.57. The number of nitrogens with zero attached hydrogens (tertiary/aromatic N) is 2. The molecular formula is C21H21ClN2O3S. The summed E-state index contributed by atoms with van der Waals surface area (Å²) in [5.74, 6) is 1.13. The lowest BCUT2D eigenvalue weighted by molar-refractivity contribution is -0.121. The van der Waals surface area contributed by atoms with Crippen LogP contribution in [0.15, 0.2) is 48.2 Å². The van der Waals surface area contributed by atoms with Crippen molar-refractivity contribution in [2.24, 2.45) is 0 Å². The van der Waals surface area contributed by atoms with Crippen LogP contribution in [0.1, 0.15) is 18.1 Å². The summed E-state index contributed by atoms with van der Waals surface area (Å²) >= 11 is 11.2. The van der Waals surface area contributed by atoms with Crippen LogP contribution in [0.4, 0.5) is 0 Å². The van der Waals surface area contributed by atoms with Crippen LogP contribution >= 0.6 is 23.8 Å². The van der Waals surface area contributed by atoms with E-state index in [4.69, 9.17) is 33.3 Å². The predicted octanol–water partition coefficient (Wildman–Crippen LogP) is 4.35. The SMILES string of the molecule is CCOc1cc(C=C2C(=O)N(C)C(=S)N2C)ccc1OCc1ccc(Cl)cc1. The quantitative estimate of drug-likeness (QED) is 0.517. The van der Waals surface area contributed by atoms with E-state index in [0.717, 1.165) is 11.1 Å². The summed E-state index contributed by atoms with van der Waals surface area (Å²) in [7, 11) is 3.45. The molecule has 1 aliphatic heterocycles. The minimum atomic E-state index is -0.131. The molecule has 0 aromatic heterocycles. The molecule has 0 bridgehead atoms. The minimum Gasteiger partial charge on any atom is -0.490 e. The Morgan fingerprint density at radius 1 is 1.04 bits per heavy atom. The Morgan fingerprint density at radius 2 is 1.75 bits per heavy atom. The molecule has 0 saturated carbocycles. The Kier molecular flexibility index (Phi) is 6.21. The van der Waals surface area contributed by atoms with E-state index in [2.05, 4.69) is 0 Å². The lowest BCUT2D eigenvalue weighted by Crippen LogP contribution is -2.26. The van der Waals surface area contributed by atoms with Gasteiger partial charge in [-0.1, -0.05) is 29.8 Å². The molecule has 28 heavy (non-hydrogen) atoms. The van der Waals surface area contributed by atoms with Crippen LogP contribution in [0.25, 0.3) is 6.08 Å². The van der Waals surface area contributed by atoms with Gasteiger partial charge in [0.05, 0.1) is 6.61 Å². The summed E-state index contributed by atoms with van der Waals surface area (Å²) in [6, 6.07) is 13.1. The van der Waals surface area contributed by atoms with Crippen molar-refractivity contribution < 1.29 is 14.3 Å². The van der Waals surface area contributed by atoms with E-state index in [0.29, 0.717) is 40.5 Å². The molecule has 1 heterocycles. The van der Waals surface area contributed by atoms with E-state index < -0.39 is 0 Å². The van der Waals surface area contributed by atoms with Gasteiger partial charge in [-0.2, -0.15) is 0 Å². The zero-order valence-electron chi connectivity index (χ0n) is 15.9. The van der Waals surface area contributed by atoms with Crippen molar-refractivity contribution in [3.8, 4) is 11.5 Å². The van der Waals surface area contributed by atoms with Crippen molar-refractivity contribution in [3.05, 3.63) is 64.3 Å². The molecule has 7 heteroatoms. The van der Waals surface area contributed by atoms with Crippen molar-refractivity contribution in [2.75, 3.05) is 20.7 Å². The maximum atomic E-state index is 12.4. The minimum absolute atomic E-state index is 0.131. The number of thiocarbonyl (C=S) groups is 1. The molecule has 0 radical (unpaired) electrons. The first kappa shape index (κ1) is 20.2. The number of carbonyl (C=O) groups excluding carboxylic acids is 1. The molecule has 1 saturated heterocycles. The highest BCUT2D eigenvalue weighted by Crippen LogP contribution is 2.31. The lowest BCUT2D eigenvalue weighted by atomic mass is 10.1. The van der Waals surface area contributed by atoms with E-state index >= 15 is 0 Å². The summed E-state index contributed by atoms with van der Waals surface area (Å²) in [5, 5.41) is 1.16. The first-order chi connectivity index (χ1) is 13.4. The van der Waals surface area contributed by atoms with E-state index in [9.17, 15) is 4.79 Å². The van der Waals surface area contributed by atoms with Gasteiger partial charge < -0.3 is 14.4 Å². The fraction of sp³-hybridized carbons (Fsp3) is 0.238. The van der Waals surface area contributed by atoms with Gasteiger partial charge in [0, 0.05) is 19.1 Å². The van der Waals surface area contributed by atoms with Gasteiger partial charge in [-0.3, -0.25) is 9.69 Å². The number of likely N-dealkylation sites (N-methyl/N-ethyl adjacent to an activating group) is 2. The maximum absolute atomic E-state index is 12.4. The summed E-state index contributed by atoms with van der Waals surface area (Å²) in [6.45, 7) is 2.82. The Balaban J connectivity index is 1.82. The van der Waals surface area contributed by atoms with Crippen molar-refractivity contribution in [1.29, 1.82) is 0 Å². The second-order valence-corrected chi connectivity index (χ2v) is 7.09. The van der Waals surface area contributed by atoms with Gasteiger partial charge in [0.25, 0.3) is 5.91 Å². The van der Waals surface area contributed by atoms with Gasteiger partial charge in [0.15, 0.2) is 16.6 Å². The molecule has 2 aromatic carbocycles. The van der Waals surface area contributed by atoms with Crippen LogP contribution < -0.4 is 9.47 Å². The second-order valence-electron chi connectivity index (χ2n) is 6.29. The molecule has 2 aromatic rings. The number of hydrogen-bond donors (Lipinski definition) is 0. The van der Waals surface area contributed by atoms with Gasteiger partial charge in [0.2, 0.25) is 0 Å². The van der Waals surface area contributed by atoms with Crippen LogP contribution in [0.5, 0.6) is 11.5 Å². The third-order valence-electron chi connectivity index (χ3n) is 4.34. The first-order valence-electron chi connectivity index (χ1n) is 8.82. The van der Waals surface area contributed by atoms with Crippen molar-refractivity contribution in [1.82, 2.24) is 9.80 Å². The van der Waals surface area contributed by atoms with Crippen LogP contribution in [0.2, 0.25) is 5.02 Å². The number of ether oxygens (including phenoxy) is 2. The highest BCUT2D eigenvalue weighted by Gasteiger charge is 2.32. The smallest absolute Gasteiger partial charge is 0.276 e. The molecule has 0 aliphatic carbocycles. The largest absolute Gasteiger partial charge is 0.490 e. The topological polar surface area (TPSA) is 42.0 Å². The van der Waals surface area contributed by atoms with E-state index in [1.165, 1.54) is 4.90 Å². The van der Waals surface area contributed by atoms with Gasteiger partial charge in [-0.15, -0.1) is 0 Å². The van der Waals surface area contributed by atoms with Gasteiger partial charge >= 0.3 is 0 Å².